The molecule has 0 amide bonds. The van der Waals surface area contributed by atoms with E-state index in [9.17, 15) is 13.4 Å². The highest BCUT2D eigenvalue weighted by Crippen LogP contribution is 2.26. The average molecular weight is 422 g/mol. The summed E-state index contributed by atoms with van der Waals surface area (Å²) in [6, 6.07) is 11.2. The van der Waals surface area contributed by atoms with Crippen LogP contribution in [0.4, 0.5) is 22.9 Å². The maximum absolute atomic E-state index is 13.0. The van der Waals surface area contributed by atoms with Crippen LogP contribution >= 0.6 is 0 Å². The van der Waals surface area contributed by atoms with Crippen LogP contribution < -0.4 is 21.2 Å². The van der Waals surface area contributed by atoms with Crippen LogP contribution in [0.3, 0.4) is 0 Å². The Kier molecular flexibility index (Phi) is 5.00. The standard InChI is InChI=1S/C18H15BN6O4S/c20-7-11-1-4-17(22-8-11)24-16-5-13(21)9-23-18(16)30(27,28)25-14-3-2-12-10-29-19(26)15(12)6-14/h1-6,8-9,25-26H,10,21H2,(H,22,24). The van der Waals surface area contributed by atoms with Crippen LogP contribution in [0.2, 0.25) is 0 Å². The zero-order valence-corrected chi connectivity index (χ0v) is 16.2. The molecule has 30 heavy (non-hydrogen) atoms. The number of nitrogen functional groups attached to an aromatic ring is 1. The largest absolute Gasteiger partial charge is 0.491 e. The number of hydrogen-bond donors (Lipinski definition) is 4. The predicted molar refractivity (Wildman–Crippen MR) is 111 cm³/mol. The molecule has 12 heteroatoms. The van der Waals surface area contributed by atoms with Crippen LogP contribution in [0.5, 0.6) is 0 Å². The van der Waals surface area contributed by atoms with Crippen LogP contribution in [0, 0.1) is 11.3 Å². The molecule has 4 rings (SSSR count). The van der Waals surface area contributed by atoms with Gasteiger partial charge in [-0.05, 0) is 41.4 Å². The molecule has 10 nitrogen and oxygen atoms in total. The lowest BCUT2D eigenvalue weighted by Gasteiger charge is -2.14. The Morgan fingerprint density at radius 3 is 2.77 bits per heavy atom. The van der Waals surface area contributed by atoms with Crippen molar-refractivity contribution >= 4 is 45.5 Å². The van der Waals surface area contributed by atoms with Gasteiger partial charge < -0.3 is 20.7 Å². The number of nitrogens with zero attached hydrogens (tertiary/aromatic N) is 3. The van der Waals surface area contributed by atoms with Gasteiger partial charge in [0.25, 0.3) is 10.0 Å². The van der Waals surface area contributed by atoms with Gasteiger partial charge in [0.15, 0.2) is 5.03 Å². The van der Waals surface area contributed by atoms with Crippen molar-refractivity contribution in [2.45, 2.75) is 11.6 Å². The normalized spacial score (nSPS) is 12.9. The Balaban J connectivity index is 1.65. The molecule has 0 unspecified atom stereocenters. The molecule has 0 atom stereocenters. The van der Waals surface area contributed by atoms with Gasteiger partial charge in [-0.2, -0.15) is 13.7 Å². The molecule has 0 saturated heterocycles. The fourth-order valence-electron chi connectivity index (χ4n) is 2.93. The summed E-state index contributed by atoms with van der Waals surface area (Å²) in [4.78, 5) is 8.04. The van der Waals surface area contributed by atoms with Gasteiger partial charge >= 0.3 is 7.12 Å². The second-order valence-electron chi connectivity index (χ2n) is 6.47. The van der Waals surface area contributed by atoms with Crippen molar-refractivity contribution in [2.75, 3.05) is 15.8 Å². The number of benzene rings is 1. The molecular weight excluding hydrogens is 407 g/mol. The van der Waals surface area contributed by atoms with Crippen LogP contribution in [-0.2, 0) is 21.3 Å². The molecule has 3 aromatic rings. The van der Waals surface area contributed by atoms with E-state index in [-0.39, 0.29) is 28.7 Å². The number of anilines is 4. The van der Waals surface area contributed by atoms with Gasteiger partial charge in [-0.1, -0.05) is 6.07 Å². The fraction of sp³-hybridized carbons (Fsp3) is 0.0556. The van der Waals surface area contributed by atoms with Crippen molar-refractivity contribution in [3.05, 3.63) is 59.9 Å². The van der Waals surface area contributed by atoms with Gasteiger partial charge in [0.05, 0.1) is 29.7 Å². The first-order valence-corrected chi connectivity index (χ1v) is 10.2. The first-order chi connectivity index (χ1) is 14.4. The molecule has 0 radical (unpaired) electrons. The maximum Gasteiger partial charge on any atom is 0.491 e. The number of aromatic nitrogens is 2. The third kappa shape index (κ3) is 3.90. The highest BCUT2D eigenvalue weighted by atomic mass is 32.2. The Morgan fingerprint density at radius 1 is 1.20 bits per heavy atom. The number of sulfonamides is 1. The van der Waals surface area contributed by atoms with Crippen molar-refractivity contribution in [3.63, 3.8) is 0 Å². The Morgan fingerprint density at radius 2 is 2.03 bits per heavy atom. The molecule has 0 saturated carbocycles. The fourth-order valence-corrected chi connectivity index (χ4v) is 4.05. The predicted octanol–water partition coefficient (Wildman–Crippen LogP) is 0.693. The minimum Gasteiger partial charge on any atom is -0.423 e. The van der Waals surface area contributed by atoms with E-state index in [1.807, 2.05) is 6.07 Å². The number of fused-ring (bicyclic) bond motifs is 1. The highest BCUT2D eigenvalue weighted by Gasteiger charge is 2.28. The lowest BCUT2D eigenvalue weighted by atomic mass is 9.79. The summed E-state index contributed by atoms with van der Waals surface area (Å²) in [5.74, 6) is 0.315. The molecule has 3 heterocycles. The summed E-state index contributed by atoms with van der Waals surface area (Å²) in [6.07, 6.45) is 2.58. The second-order valence-corrected chi connectivity index (χ2v) is 8.07. The van der Waals surface area contributed by atoms with Crippen LogP contribution in [0.15, 0.2) is 53.8 Å². The average Bonchev–Trinajstić information content (AvgIpc) is 3.08. The maximum atomic E-state index is 13.0. The van der Waals surface area contributed by atoms with E-state index in [1.165, 1.54) is 30.6 Å². The molecule has 0 fully saturated rings. The van der Waals surface area contributed by atoms with Crippen LogP contribution in [0.25, 0.3) is 0 Å². The van der Waals surface area contributed by atoms with Crippen molar-refractivity contribution in [3.8, 4) is 6.07 Å². The molecule has 0 spiro atoms. The van der Waals surface area contributed by atoms with Crippen LogP contribution in [-0.4, -0.2) is 30.5 Å². The van der Waals surface area contributed by atoms with Gasteiger partial charge in [0.1, 0.15) is 11.9 Å². The molecule has 0 bridgehead atoms. The third-order valence-electron chi connectivity index (χ3n) is 4.34. The second kappa shape index (κ2) is 7.64. The molecule has 5 N–H and O–H groups in total. The third-order valence-corrected chi connectivity index (χ3v) is 5.68. The van der Waals surface area contributed by atoms with Gasteiger partial charge in [-0.3, -0.25) is 4.72 Å². The van der Waals surface area contributed by atoms with Crippen molar-refractivity contribution < 1.29 is 18.1 Å². The summed E-state index contributed by atoms with van der Waals surface area (Å²) >= 11 is 0. The monoisotopic (exact) mass is 422 g/mol. The van der Waals surface area contributed by atoms with Crippen molar-refractivity contribution in [2.24, 2.45) is 0 Å². The van der Waals surface area contributed by atoms with E-state index in [4.69, 9.17) is 15.6 Å². The molecule has 150 valence electrons. The van der Waals surface area contributed by atoms with E-state index >= 15 is 0 Å². The summed E-state index contributed by atoms with van der Waals surface area (Å²) in [5.41, 5.74) is 8.04. The minimum atomic E-state index is -4.11. The van der Waals surface area contributed by atoms with E-state index in [0.29, 0.717) is 16.8 Å². The minimum absolute atomic E-state index is 0.115. The molecule has 0 aliphatic carbocycles. The molecule has 1 aliphatic rings. The number of hydrogen-bond acceptors (Lipinski definition) is 9. The zero-order valence-electron chi connectivity index (χ0n) is 15.4. The van der Waals surface area contributed by atoms with Gasteiger partial charge in [-0.25, -0.2) is 9.97 Å². The lowest BCUT2D eigenvalue weighted by molar-refractivity contribution is 0.275. The van der Waals surface area contributed by atoms with E-state index in [2.05, 4.69) is 20.0 Å². The molecular formula is C18H15BN6O4S. The zero-order chi connectivity index (χ0) is 21.3. The lowest BCUT2D eigenvalue weighted by Crippen LogP contribution is -2.28. The van der Waals surface area contributed by atoms with Gasteiger partial charge in [0, 0.05) is 11.9 Å². The van der Waals surface area contributed by atoms with Gasteiger partial charge in [0.2, 0.25) is 0 Å². The first-order valence-electron chi connectivity index (χ1n) is 8.70. The number of pyridine rings is 2. The summed E-state index contributed by atoms with van der Waals surface area (Å²) < 4.78 is 33.6. The van der Waals surface area contributed by atoms with Gasteiger partial charge in [-0.15, -0.1) is 0 Å². The Bertz CT molecular complexity index is 1260. The number of nitrogens with two attached hydrogens (primary N) is 1. The summed E-state index contributed by atoms with van der Waals surface area (Å²) in [7, 11) is -5.21. The number of rotatable bonds is 5. The molecule has 1 aliphatic heterocycles. The highest BCUT2D eigenvalue weighted by molar-refractivity contribution is 7.92. The SMILES string of the molecule is N#Cc1ccc(Nc2cc(N)cnc2S(=O)(=O)Nc2ccc3c(c2)B(O)OC3)nc1. The molecule has 2 aromatic heterocycles. The smallest absolute Gasteiger partial charge is 0.423 e. The van der Waals surface area contributed by atoms with Crippen molar-refractivity contribution in [1.82, 2.24) is 9.97 Å². The van der Waals surface area contributed by atoms with E-state index in [1.54, 1.807) is 18.2 Å². The van der Waals surface area contributed by atoms with E-state index in [0.717, 1.165) is 5.56 Å². The van der Waals surface area contributed by atoms with Crippen molar-refractivity contribution in [1.29, 1.82) is 5.26 Å². The Labute approximate surface area is 172 Å². The topological polar surface area (TPSA) is 163 Å². The van der Waals surface area contributed by atoms with E-state index < -0.39 is 17.1 Å². The number of nitrogens with one attached hydrogen (secondary N) is 2. The summed E-state index contributed by atoms with van der Waals surface area (Å²) in [5, 5.41) is 21.3. The quantitative estimate of drug-likeness (QED) is 0.433. The van der Waals surface area contributed by atoms with Crippen LogP contribution in [0.1, 0.15) is 11.1 Å². The Hall–Kier alpha value is -3.66. The first kappa shape index (κ1) is 19.7. The number of nitriles is 1. The summed E-state index contributed by atoms with van der Waals surface area (Å²) in [6.45, 7) is 0.259. The molecule has 1 aromatic carbocycles.